The third kappa shape index (κ3) is 3.42. The molecule has 1 aliphatic heterocycles. The van der Waals surface area contributed by atoms with Crippen molar-refractivity contribution in [2.75, 3.05) is 13.2 Å². The molecule has 1 aliphatic carbocycles. The van der Waals surface area contributed by atoms with E-state index < -0.39 is 5.60 Å². The van der Waals surface area contributed by atoms with Gasteiger partial charge in [-0.05, 0) is 31.6 Å². The molecule has 1 saturated carbocycles. The second-order valence-corrected chi connectivity index (χ2v) is 5.65. The standard InChI is InChI=1S/C13H23NO3/c1-10-4-2-6-13(16,8-10)9-14-12(15)11-5-3-7-17-11/h10-11,16H,2-9H2,1H3,(H,14,15). The van der Waals surface area contributed by atoms with Crippen molar-refractivity contribution in [3.63, 3.8) is 0 Å². The number of ether oxygens (including phenoxy) is 1. The normalized spacial score (nSPS) is 38.0. The van der Waals surface area contributed by atoms with Crippen molar-refractivity contribution in [1.82, 2.24) is 5.32 Å². The van der Waals surface area contributed by atoms with Gasteiger partial charge in [-0.25, -0.2) is 0 Å². The van der Waals surface area contributed by atoms with Crippen LogP contribution in [0.4, 0.5) is 0 Å². The van der Waals surface area contributed by atoms with Gasteiger partial charge in [0.1, 0.15) is 6.10 Å². The van der Waals surface area contributed by atoms with Crippen LogP contribution in [0.2, 0.25) is 0 Å². The van der Waals surface area contributed by atoms with Crippen LogP contribution in [-0.2, 0) is 9.53 Å². The van der Waals surface area contributed by atoms with Crippen LogP contribution in [0.3, 0.4) is 0 Å². The number of carbonyl (C=O) groups excluding carboxylic acids is 1. The van der Waals surface area contributed by atoms with Gasteiger partial charge in [-0.1, -0.05) is 19.8 Å². The summed E-state index contributed by atoms with van der Waals surface area (Å²) in [6.45, 7) is 3.21. The van der Waals surface area contributed by atoms with E-state index in [0.29, 0.717) is 19.1 Å². The van der Waals surface area contributed by atoms with E-state index in [-0.39, 0.29) is 12.0 Å². The molecule has 2 fully saturated rings. The van der Waals surface area contributed by atoms with E-state index in [2.05, 4.69) is 12.2 Å². The van der Waals surface area contributed by atoms with Crippen LogP contribution in [0.15, 0.2) is 0 Å². The van der Waals surface area contributed by atoms with Gasteiger partial charge in [-0.2, -0.15) is 0 Å². The zero-order valence-corrected chi connectivity index (χ0v) is 10.6. The molecule has 0 spiro atoms. The van der Waals surface area contributed by atoms with Crippen LogP contribution in [0.1, 0.15) is 45.4 Å². The Hall–Kier alpha value is -0.610. The Kier molecular flexibility index (Phi) is 4.05. The molecule has 17 heavy (non-hydrogen) atoms. The lowest BCUT2D eigenvalue weighted by Crippen LogP contribution is -2.48. The van der Waals surface area contributed by atoms with E-state index in [0.717, 1.165) is 32.1 Å². The molecule has 0 aromatic rings. The molecule has 1 saturated heterocycles. The second kappa shape index (κ2) is 5.36. The summed E-state index contributed by atoms with van der Waals surface area (Å²) in [6.07, 6.45) is 5.29. The first kappa shape index (κ1) is 12.8. The zero-order chi connectivity index (χ0) is 12.3. The lowest BCUT2D eigenvalue weighted by Gasteiger charge is -2.35. The molecule has 4 nitrogen and oxygen atoms in total. The summed E-state index contributed by atoms with van der Waals surface area (Å²) in [5.41, 5.74) is -0.702. The fourth-order valence-corrected chi connectivity index (χ4v) is 2.94. The Morgan fingerprint density at radius 1 is 1.47 bits per heavy atom. The van der Waals surface area contributed by atoms with Gasteiger partial charge in [0.15, 0.2) is 0 Å². The Morgan fingerprint density at radius 2 is 2.29 bits per heavy atom. The van der Waals surface area contributed by atoms with E-state index in [4.69, 9.17) is 4.74 Å². The minimum absolute atomic E-state index is 0.0610. The van der Waals surface area contributed by atoms with Gasteiger partial charge in [0, 0.05) is 13.2 Å². The largest absolute Gasteiger partial charge is 0.388 e. The Bertz CT molecular complexity index is 276. The van der Waals surface area contributed by atoms with Crippen molar-refractivity contribution in [2.24, 2.45) is 5.92 Å². The lowest BCUT2D eigenvalue weighted by molar-refractivity contribution is -0.131. The average Bonchev–Trinajstić information content (AvgIpc) is 2.79. The van der Waals surface area contributed by atoms with Crippen molar-refractivity contribution < 1.29 is 14.6 Å². The highest BCUT2D eigenvalue weighted by Gasteiger charge is 2.34. The third-order valence-corrected chi connectivity index (χ3v) is 3.88. The van der Waals surface area contributed by atoms with Crippen LogP contribution in [0.25, 0.3) is 0 Å². The molecular weight excluding hydrogens is 218 g/mol. The van der Waals surface area contributed by atoms with Gasteiger partial charge in [0.05, 0.1) is 5.60 Å². The van der Waals surface area contributed by atoms with Crippen LogP contribution in [0, 0.1) is 5.92 Å². The zero-order valence-electron chi connectivity index (χ0n) is 10.6. The summed E-state index contributed by atoms with van der Waals surface area (Å²) in [6, 6.07) is 0. The highest BCUT2D eigenvalue weighted by atomic mass is 16.5. The molecule has 1 heterocycles. The molecule has 2 rings (SSSR count). The molecule has 98 valence electrons. The molecule has 0 aromatic heterocycles. The fourth-order valence-electron chi connectivity index (χ4n) is 2.94. The van der Waals surface area contributed by atoms with Crippen molar-refractivity contribution in [3.8, 4) is 0 Å². The second-order valence-electron chi connectivity index (χ2n) is 5.65. The number of hydrogen-bond donors (Lipinski definition) is 2. The molecule has 2 N–H and O–H groups in total. The maximum Gasteiger partial charge on any atom is 0.249 e. The van der Waals surface area contributed by atoms with Crippen LogP contribution >= 0.6 is 0 Å². The number of amides is 1. The minimum atomic E-state index is -0.702. The van der Waals surface area contributed by atoms with Crippen LogP contribution in [-0.4, -0.2) is 35.9 Å². The molecular formula is C13H23NO3. The number of hydrogen-bond acceptors (Lipinski definition) is 3. The van der Waals surface area contributed by atoms with Crippen LogP contribution in [0.5, 0.6) is 0 Å². The highest BCUT2D eigenvalue weighted by molar-refractivity contribution is 5.81. The van der Waals surface area contributed by atoms with E-state index >= 15 is 0 Å². The molecule has 1 amide bonds. The number of carbonyl (C=O) groups is 1. The predicted molar refractivity (Wildman–Crippen MR) is 64.6 cm³/mol. The lowest BCUT2D eigenvalue weighted by atomic mass is 9.79. The van der Waals surface area contributed by atoms with Gasteiger partial charge >= 0.3 is 0 Å². The SMILES string of the molecule is CC1CCCC(O)(CNC(=O)C2CCCO2)C1. The first-order chi connectivity index (χ1) is 8.09. The Morgan fingerprint density at radius 3 is 2.94 bits per heavy atom. The van der Waals surface area contributed by atoms with Crippen molar-refractivity contribution in [2.45, 2.75) is 57.2 Å². The summed E-state index contributed by atoms with van der Waals surface area (Å²) >= 11 is 0. The van der Waals surface area contributed by atoms with Gasteiger partial charge in [0.2, 0.25) is 5.91 Å². The van der Waals surface area contributed by atoms with Crippen LogP contribution < -0.4 is 5.32 Å². The van der Waals surface area contributed by atoms with Gasteiger partial charge in [-0.15, -0.1) is 0 Å². The van der Waals surface area contributed by atoms with E-state index in [1.807, 2.05) is 0 Å². The number of rotatable bonds is 3. The molecule has 4 heteroatoms. The fraction of sp³-hybridized carbons (Fsp3) is 0.923. The summed E-state index contributed by atoms with van der Waals surface area (Å²) < 4.78 is 5.31. The van der Waals surface area contributed by atoms with Crippen molar-refractivity contribution in [3.05, 3.63) is 0 Å². The van der Waals surface area contributed by atoms with Crippen molar-refractivity contribution in [1.29, 1.82) is 0 Å². The topological polar surface area (TPSA) is 58.6 Å². The summed E-state index contributed by atoms with van der Waals surface area (Å²) in [4.78, 5) is 11.8. The van der Waals surface area contributed by atoms with Gasteiger partial charge < -0.3 is 15.2 Å². The average molecular weight is 241 g/mol. The van der Waals surface area contributed by atoms with E-state index in [9.17, 15) is 9.90 Å². The number of nitrogens with one attached hydrogen (secondary N) is 1. The Labute approximate surface area is 103 Å². The molecule has 0 radical (unpaired) electrons. The maximum absolute atomic E-state index is 11.8. The number of aliphatic hydroxyl groups is 1. The predicted octanol–water partition coefficient (Wildman–Crippen LogP) is 1.22. The molecule has 2 aliphatic rings. The Balaban J connectivity index is 1.78. The third-order valence-electron chi connectivity index (χ3n) is 3.88. The summed E-state index contributed by atoms with van der Waals surface area (Å²) in [5, 5.41) is 13.2. The summed E-state index contributed by atoms with van der Waals surface area (Å²) in [7, 11) is 0. The van der Waals surface area contributed by atoms with Gasteiger partial charge in [-0.3, -0.25) is 4.79 Å². The molecule has 0 bridgehead atoms. The monoisotopic (exact) mass is 241 g/mol. The molecule has 3 atom stereocenters. The first-order valence-corrected chi connectivity index (χ1v) is 6.71. The summed E-state index contributed by atoms with van der Waals surface area (Å²) in [5.74, 6) is 0.488. The minimum Gasteiger partial charge on any atom is -0.388 e. The highest BCUT2D eigenvalue weighted by Crippen LogP contribution is 2.31. The quantitative estimate of drug-likeness (QED) is 0.781. The first-order valence-electron chi connectivity index (χ1n) is 6.71. The van der Waals surface area contributed by atoms with Crippen molar-refractivity contribution >= 4 is 5.91 Å². The molecule has 3 unspecified atom stereocenters. The van der Waals surface area contributed by atoms with E-state index in [1.54, 1.807) is 0 Å². The van der Waals surface area contributed by atoms with E-state index in [1.165, 1.54) is 6.42 Å². The molecule has 0 aromatic carbocycles. The maximum atomic E-state index is 11.8. The smallest absolute Gasteiger partial charge is 0.249 e. The van der Waals surface area contributed by atoms with Gasteiger partial charge in [0.25, 0.3) is 0 Å².